The highest BCUT2D eigenvalue weighted by Gasteiger charge is 2.30. The number of nitrogens with zero attached hydrogens (tertiary/aromatic N) is 5. The number of furan rings is 1. The summed E-state index contributed by atoms with van der Waals surface area (Å²) >= 11 is 0. The molecule has 0 aliphatic carbocycles. The summed E-state index contributed by atoms with van der Waals surface area (Å²) in [5.74, 6) is 1.85. The van der Waals surface area contributed by atoms with Crippen molar-refractivity contribution in [3.05, 3.63) is 42.7 Å². The number of aryl methyl sites for hydroxylation is 2. The van der Waals surface area contributed by atoms with Crippen molar-refractivity contribution in [3.63, 3.8) is 0 Å². The minimum atomic E-state index is -0.0690. The van der Waals surface area contributed by atoms with E-state index in [2.05, 4.69) is 20.4 Å². The SMILES string of the molecule is Cl.Cn1ccnc1C1CNCCN1C(=O)CCc1nc(-c2ccoc2)no1. The Morgan fingerprint density at radius 1 is 1.44 bits per heavy atom. The second-order valence-corrected chi connectivity index (χ2v) is 6.23. The van der Waals surface area contributed by atoms with Crippen LogP contribution >= 0.6 is 12.4 Å². The van der Waals surface area contributed by atoms with Crippen molar-refractivity contribution in [1.82, 2.24) is 29.9 Å². The van der Waals surface area contributed by atoms with E-state index < -0.39 is 0 Å². The molecule has 1 saturated heterocycles. The van der Waals surface area contributed by atoms with E-state index in [0.717, 1.165) is 17.9 Å². The molecule has 0 saturated carbocycles. The van der Waals surface area contributed by atoms with Crippen LogP contribution in [0.4, 0.5) is 0 Å². The minimum absolute atomic E-state index is 0. The number of hydrogen-bond donors (Lipinski definition) is 1. The van der Waals surface area contributed by atoms with E-state index >= 15 is 0 Å². The molecule has 1 atom stereocenters. The summed E-state index contributed by atoms with van der Waals surface area (Å²) in [6, 6.07) is 1.69. The van der Waals surface area contributed by atoms with Crippen LogP contribution in [0, 0.1) is 0 Å². The predicted octanol–water partition coefficient (Wildman–Crippen LogP) is 1.59. The minimum Gasteiger partial charge on any atom is -0.472 e. The van der Waals surface area contributed by atoms with Gasteiger partial charge in [-0.3, -0.25) is 4.79 Å². The molecule has 3 aromatic rings. The van der Waals surface area contributed by atoms with E-state index in [-0.39, 0.29) is 24.4 Å². The molecule has 9 nitrogen and oxygen atoms in total. The molecule has 0 spiro atoms. The molecule has 1 unspecified atom stereocenters. The van der Waals surface area contributed by atoms with Gasteiger partial charge in [-0.15, -0.1) is 12.4 Å². The normalized spacial score (nSPS) is 16.9. The first-order valence-corrected chi connectivity index (χ1v) is 8.55. The van der Waals surface area contributed by atoms with Gasteiger partial charge in [0, 0.05) is 51.9 Å². The number of aromatic nitrogens is 4. The summed E-state index contributed by atoms with van der Waals surface area (Å²) < 4.78 is 12.2. The first-order chi connectivity index (χ1) is 12.7. The molecule has 0 radical (unpaired) electrons. The van der Waals surface area contributed by atoms with Gasteiger partial charge in [0.05, 0.1) is 11.8 Å². The first kappa shape index (κ1) is 19.1. The Kier molecular flexibility index (Phi) is 5.92. The van der Waals surface area contributed by atoms with Crippen LogP contribution in [0.5, 0.6) is 0 Å². The van der Waals surface area contributed by atoms with Crippen molar-refractivity contribution in [3.8, 4) is 11.4 Å². The van der Waals surface area contributed by atoms with Crippen LogP contribution in [0.3, 0.4) is 0 Å². The molecule has 1 fully saturated rings. The third kappa shape index (κ3) is 4.04. The third-order valence-corrected chi connectivity index (χ3v) is 4.52. The van der Waals surface area contributed by atoms with Crippen molar-refractivity contribution < 1.29 is 13.7 Å². The second kappa shape index (κ2) is 8.36. The van der Waals surface area contributed by atoms with Gasteiger partial charge < -0.3 is 23.7 Å². The van der Waals surface area contributed by atoms with Gasteiger partial charge in [0.25, 0.3) is 0 Å². The van der Waals surface area contributed by atoms with Gasteiger partial charge >= 0.3 is 0 Å². The zero-order chi connectivity index (χ0) is 17.9. The Morgan fingerprint density at radius 2 is 2.33 bits per heavy atom. The summed E-state index contributed by atoms with van der Waals surface area (Å²) in [6.07, 6.45) is 7.47. The maximum atomic E-state index is 12.8. The number of hydrogen-bond acceptors (Lipinski definition) is 7. The summed E-state index contributed by atoms with van der Waals surface area (Å²) in [4.78, 5) is 23.4. The highest BCUT2D eigenvalue weighted by Crippen LogP contribution is 2.22. The number of amides is 1. The molecule has 1 N–H and O–H groups in total. The highest BCUT2D eigenvalue weighted by molar-refractivity contribution is 5.85. The van der Waals surface area contributed by atoms with Gasteiger partial charge in [-0.2, -0.15) is 4.98 Å². The number of halogens is 1. The zero-order valence-electron chi connectivity index (χ0n) is 14.9. The van der Waals surface area contributed by atoms with Gasteiger partial charge in [-0.25, -0.2) is 4.98 Å². The van der Waals surface area contributed by atoms with Crippen LogP contribution in [0.1, 0.15) is 24.2 Å². The maximum absolute atomic E-state index is 12.8. The van der Waals surface area contributed by atoms with Crippen LogP contribution in [0.15, 0.2) is 39.9 Å². The van der Waals surface area contributed by atoms with E-state index in [1.807, 2.05) is 22.7 Å². The van der Waals surface area contributed by atoms with Crippen molar-refractivity contribution >= 4 is 18.3 Å². The van der Waals surface area contributed by atoms with E-state index in [1.54, 1.807) is 24.8 Å². The molecule has 1 aliphatic rings. The Balaban J connectivity index is 0.00000210. The van der Waals surface area contributed by atoms with Crippen molar-refractivity contribution in [1.29, 1.82) is 0 Å². The summed E-state index contributed by atoms with van der Waals surface area (Å²) in [5.41, 5.74) is 0.753. The van der Waals surface area contributed by atoms with Gasteiger partial charge in [-0.1, -0.05) is 5.16 Å². The molecule has 10 heteroatoms. The Bertz CT molecular complexity index is 875. The number of piperazine rings is 1. The van der Waals surface area contributed by atoms with Gasteiger partial charge in [0.2, 0.25) is 17.6 Å². The Hall–Kier alpha value is -2.65. The Labute approximate surface area is 162 Å². The Morgan fingerprint density at radius 3 is 3.07 bits per heavy atom. The molecule has 0 bridgehead atoms. The number of imidazole rings is 1. The second-order valence-electron chi connectivity index (χ2n) is 6.23. The monoisotopic (exact) mass is 392 g/mol. The summed E-state index contributed by atoms with van der Waals surface area (Å²) in [6.45, 7) is 2.13. The predicted molar refractivity (Wildman–Crippen MR) is 98.1 cm³/mol. The fraction of sp³-hybridized carbons (Fsp3) is 0.412. The standard InChI is InChI=1S/C17H20N6O3.ClH/c1-22-7-6-19-17(22)13-10-18-5-8-23(13)15(24)3-2-14-20-16(21-26-14)12-4-9-25-11-12;/h4,6-7,9,11,13,18H,2-3,5,8,10H2,1H3;1H. The lowest BCUT2D eigenvalue weighted by molar-refractivity contribution is -0.134. The summed E-state index contributed by atoms with van der Waals surface area (Å²) in [7, 11) is 1.94. The molecule has 3 aromatic heterocycles. The maximum Gasteiger partial charge on any atom is 0.227 e. The lowest BCUT2D eigenvalue weighted by atomic mass is 10.1. The van der Waals surface area contributed by atoms with E-state index in [4.69, 9.17) is 8.94 Å². The van der Waals surface area contributed by atoms with Crippen molar-refractivity contribution in [2.75, 3.05) is 19.6 Å². The fourth-order valence-electron chi connectivity index (χ4n) is 3.15. The van der Waals surface area contributed by atoms with E-state index in [1.165, 1.54) is 0 Å². The van der Waals surface area contributed by atoms with Crippen molar-refractivity contribution in [2.24, 2.45) is 7.05 Å². The molecule has 0 aromatic carbocycles. The summed E-state index contributed by atoms with van der Waals surface area (Å²) in [5, 5.41) is 7.25. The van der Waals surface area contributed by atoms with Gasteiger partial charge in [0.1, 0.15) is 18.1 Å². The third-order valence-electron chi connectivity index (χ3n) is 4.52. The van der Waals surface area contributed by atoms with Crippen LogP contribution in [0.25, 0.3) is 11.4 Å². The molecular formula is C17H21ClN6O3. The van der Waals surface area contributed by atoms with E-state index in [9.17, 15) is 4.79 Å². The van der Waals surface area contributed by atoms with E-state index in [0.29, 0.717) is 37.6 Å². The average molecular weight is 393 g/mol. The first-order valence-electron chi connectivity index (χ1n) is 8.55. The molecule has 1 amide bonds. The average Bonchev–Trinajstić information content (AvgIpc) is 3.41. The van der Waals surface area contributed by atoms with Crippen LogP contribution in [-0.2, 0) is 18.3 Å². The van der Waals surface area contributed by atoms with Crippen LogP contribution < -0.4 is 5.32 Å². The van der Waals surface area contributed by atoms with Gasteiger partial charge in [-0.05, 0) is 6.07 Å². The molecule has 1 aliphatic heterocycles. The number of rotatable bonds is 5. The molecule has 4 heterocycles. The smallest absolute Gasteiger partial charge is 0.227 e. The number of carbonyl (C=O) groups is 1. The quantitative estimate of drug-likeness (QED) is 0.703. The molecule has 4 rings (SSSR count). The zero-order valence-corrected chi connectivity index (χ0v) is 15.7. The molecule has 144 valence electrons. The van der Waals surface area contributed by atoms with Crippen LogP contribution in [-0.4, -0.2) is 50.1 Å². The molecular weight excluding hydrogens is 372 g/mol. The highest BCUT2D eigenvalue weighted by atomic mass is 35.5. The molecule has 27 heavy (non-hydrogen) atoms. The lowest BCUT2D eigenvalue weighted by Crippen LogP contribution is -2.49. The van der Waals surface area contributed by atoms with Crippen LogP contribution in [0.2, 0.25) is 0 Å². The number of nitrogens with one attached hydrogen (secondary N) is 1. The van der Waals surface area contributed by atoms with Gasteiger partial charge in [0.15, 0.2) is 0 Å². The van der Waals surface area contributed by atoms with Crippen molar-refractivity contribution in [2.45, 2.75) is 18.9 Å². The largest absolute Gasteiger partial charge is 0.472 e. The number of carbonyl (C=O) groups excluding carboxylic acids is 1. The lowest BCUT2D eigenvalue weighted by Gasteiger charge is -2.35. The topological polar surface area (TPSA) is 102 Å². The fourth-order valence-corrected chi connectivity index (χ4v) is 3.15.